The van der Waals surface area contributed by atoms with E-state index in [9.17, 15) is 0 Å². The van der Waals surface area contributed by atoms with Gasteiger partial charge in [-0.2, -0.15) is 5.10 Å². The maximum absolute atomic E-state index is 5.84. The SMILES string of the molecule is CCn1ncnc1COc1cccc([C@H](C)N)c1. The molecule has 5 heteroatoms. The summed E-state index contributed by atoms with van der Waals surface area (Å²) in [6.45, 7) is 5.18. The van der Waals surface area contributed by atoms with E-state index < -0.39 is 0 Å². The van der Waals surface area contributed by atoms with E-state index in [4.69, 9.17) is 10.5 Å². The summed E-state index contributed by atoms with van der Waals surface area (Å²) in [5.41, 5.74) is 6.90. The molecule has 2 aromatic rings. The normalized spacial score (nSPS) is 12.4. The molecule has 0 aliphatic rings. The predicted octanol–water partition coefficient (Wildman–Crippen LogP) is 1.90. The third kappa shape index (κ3) is 2.87. The molecule has 1 aromatic carbocycles. The van der Waals surface area contributed by atoms with Crippen LogP contribution < -0.4 is 10.5 Å². The lowest BCUT2D eigenvalue weighted by Gasteiger charge is -2.10. The Morgan fingerprint density at radius 1 is 1.44 bits per heavy atom. The molecule has 18 heavy (non-hydrogen) atoms. The number of ether oxygens (including phenoxy) is 1. The monoisotopic (exact) mass is 246 g/mol. The largest absolute Gasteiger partial charge is 0.486 e. The lowest BCUT2D eigenvalue weighted by Crippen LogP contribution is -2.08. The van der Waals surface area contributed by atoms with Gasteiger partial charge in [-0.3, -0.25) is 0 Å². The van der Waals surface area contributed by atoms with Gasteiger partial charge < -0.3 is 10.5 Å². The second-order valence-electron chi connectivity index (χ2n) is 4.14. The highest BCUT2D eigenvalue weighted by atomic mass is 16.5. The zero-order valence-electron chi connectivity index (χ0n) is 10.7. The highest BCUT2D eigenvalue weighted by Gasteiger charge is 2.05. The van der Waals surface area contributed by atoms with Crippen LogP contribution >= 0.6 is 0 Å². The van der Waals surface area contributed by atoms with Gasteiger partial charge in [-0.25, -0.2) is 9.67 Å². The number of aryl methyl sites for hydroxylation is 1. The summed E-state index contributed by atoms with van der Waals surface area (Å²) in [5.74, 6) is 1.62. The van der Waals surface area contributed by atoms with Crippen molar-refractivity contribution in [1.82, 2.24) is 14.8 Å². The second kappa shape index (κ2) is 5.64. The molecule has 0 unspecified atom stereocenters. The van der Waals surface area contributed by atoms with Crippen molar-refractivity contribution in [2.24, 2.45) is 5.73 Å². The summed E-state index contributed by atoms with van der Waals surface area (Å²) < 4.78 is 7.52. The van der Waals surface area contributed by atoms with E-state index in [1.165, 1.54) is 0 Å². The van der Waals surface area contributed by atoms with Crippen molar-refractivity contribution in [2.75, 3.05) is 0 Å². The van der Waals surface area contributed by atoms with E-state index in [1.54, 1.807) is 6.33 Å². The van der Waals surface area contributed by atoms with Crippen LogP contribution in [0.4, 0.5) is 0 Å². The molecule has 1 atom stereocenters. The van der Waals surface area contributed by atoms with Crippen LogP contribution in [0.5, 0.6) is 5.75 Å². The quantitative estimate of drug-likeness (QED) is 0.875. The van der Waals surface area contributed by atoms with Gasteiger partial charge in [-0.15, -0.1) is 0 Å². The first kappa shape index (κ1) is 12.6. The van der Waals surface area contributed by atoms with Crippen LogP contribution in [0.25, 0.3) is 0 Å². The molecular formula is C13H18N4O. The van der Waals surface area contributed by atoms with E-state index in [0.717, 1.165) is 23.7 Å². The zero-order valence-corrected chi connectivity index (χ0v) is 10.7. The summed E-state index contributed by atoms with van der Waals surface area (Å²) in [6.07, 6.45) is 1.54. The minimum Gasteiger partial charge on any atom is -0.486 e. The van der Waals surface area contributed by atoms with Crippen LogP contribution in [0.15, 0.2) is 30.6 Å². The molecule has 1 aromatic heterocycles. The molecular weight excluding hydrogens is 228 g/mol. The molecule has 96 valence electrons. The second-order valence-corrected chi connectivity index (χ2v) is 4.14. The summed E-state index contributed by atoms with van der Waals surface area (Å²) in [4.78, 5) is 4.16. The van der Waals surface area contributed by atoms with E-state index in [0.29, 0.717) is 6.61 Å². The lowest BCUT2D eigenvalue weighted by atomic mass is 10.1. The molecule has 0 aliphatic carbocycles. The van der Waals surface area contributed by atoms with Gasteiger partial charge in [0.15, 0.2) is 5.82 Å². The van der Waals surface area contributed by atoms with Crippen molar-refractivity contribution in [3.05, 3.63) is 42.0 Å². The Kier molecular flexibility index (Phi) is 3.94. The van der Waals surface area contributed by atoms with Crippen LogP contribution in [-0.2, 0) is 13.2 Å². The van der Waals surface area contributed by atoms with Gasteiger partial charge in [-0.1, -0.05) is 12.1 Å². The number of rotatable bonds is 5. The molecule has 1 heterocycles. The van der Waals surface area contributed by atoms with Gasteiger partial charge in [0.25, 0.3) is 0 Å². The standard InChI is InChI=1S/C13H18N4O/c1-3-17-13(15-9-16-17)8-18-12-6-4-5-11(7-12)10(2)14/h4-7,9-10H,3,8,14H2,1-2H3/t10-/m0/s1. The fourth-order valence-electron chi connectivity index (χ4n) is 1.70. The molecule has 0 amide bonds. The maximum atomic E-state index is 5.84. The fraction of sp³-hybridized carbons (Fsp3) is 0.385. The number of hydrogen-bond donors (Lipinski definition) is 1. The number of nitrogens with two attached hydrogens (primary N) is 1. The Labute approximate surface area is 107 Å². The first-order valence-corrected chi connectivity index (χ1v) is 6.05. The van der Waals surface area contributed by atoms with Crippen LogP contribution in [0.2, 0.25) is 0 Å². The Bertz CT molecular complexity index is 507. The van der Waals surface area contributed by atoms with Crippen molar-refractivity contribution in [3.63, 3.8) is 0 Å². The summed E-state index contributed by atoms with van der Waals surface area (Å²) in [5, 5.41) is 4.10. The van der Waals surface area contributed by atoms with Crippen molar-refractivity contribution >= 4 is 0 Å². The van der Waals surface area contributed by atoms with Crippen molar-refractivity contribution in [1.29, 1.82) is 0 Å². The van der Waals surface area contributed by atoms with E-state index in [-0.39, 0.29) is 6.04 Å². The fourth-order valence-corrected chi connectivity index (χ4v) is 1.70. The number of nitrogens with zero attached hydrogens (tertiary/aromatic N) is 3. The Morgan fingerprint density at radius 2 is 2.28 bits per heavy atom. The third-order valence-corrected chi connectivity index (χ3v) is 2.75. The summed E-state index contributed by atoms with van der Waals surface area (Å²) in [6, 6.07) is 7.81. The Hall–Kier alpha value is -1.88. The highest BCUT2D eigenvalue weighted by molar-refractivity contribution is 5.30. The maximum Gasteiger partial charge on any atom is 0.164 e. The molecule has 0 radical (unpaired) electrons. The third-order valence-electron chi connectivity index (χ3n) is 2.75. The summed E-state index contributed by atoms with van der Waals surface area (Å²) >= 11 is 0. The highest BCUT2D eigenvalue weighted by Crippen LogP contribution is 2.18. The summed E-state index contributed by atoms with van der Waals surface area (Å²) in [7, 11) is 0. The minimum absolute atomic E-state index is 0.00726. The van der Waals surface area contributed by atoms with Gasteiger partial charge >= 0.3 is 0 Å². The average Bonchev–Trinajstić information content (AvgIpc) is 2.84. The predicted molar refractivity (Wildman–Crippen MR) is 69.1 cm³/mol. The van der Waals surface area contributed by atoms with Gasteiger partial charge in [0.1, 0.15) is 18.7 Å². The van der Waals surface area contributed by atoms with Crippen LogP contribution in [0, 0.1) is 0 Å². The first-order valence-electron chi connectivity index (χ1n) is 6.05. The van der Waals surface area contributed by atoms with Crippen molar-refractivity contribution in [3.8, 4) is 5.75 Å². The first-order chi connectivity index (χ1) is 8.70. The number of benzene rings is 1. The molecule has 0 spiro atoms. The van der Waals surface area contributed by atoms with Gasteiger partial charge in [0.2, 0.25) is 0 Å². The van der Waals surface area contributed by atoms with Crippen molar-refractivity contribution in [2.45, 2.75) is 33.0 Å². The Morgan fingerprint density at radius 3 is 3.00 bits per heavy atom. The number of hydrogen-bond acceptors (Lipinski definition) is 4. The smallest absolute Gasteiger partial charge is 0.164 e. The van der Waals surface area contributed by atoms with E-state index in [2.05, 4.69) is 10.1 Å². The molecule has 0 saturated heterocycles. The molecule has 5 nitrogen and oxygen atoms in total. The van der Waals surface area contributed by atoms with Gasteiger partial charge in [0, 0.05) is 12.6 Å². The zero-order chi connectivity index (χ0) is 13.0. The van der Waals surface area contributed by atoms with Crippen molar-refractivity contribution < 1.29 is 4.74 Å². The molecule has 2 N–H and O–H groups in total. The molecule has 2 rings (SSSR count). The van der Waals surface area contributed by atoms with E-state index >= 15 is 0 Å². The van der Waals surface area contributed by atoms with Gasteiger partial charge in [0.05, 0.1) is 0 Å². The van der Waals surface area contributed by atoms with Crippen LogP contribution in [0.3, 0.4) is 0 Å². The van der Waals surface area contributed by atoms with E-state index in [1.807, 2.05) is 42.8 Å². The minimum atomic E-state index is 0.00726. The average molecular weight is 246 g/mol. The van der Waals surface area contributed by atoms with Gasteiger partial charge in [-0.05, 0) is 31.5 Å². The molecule has 0 fully saturated rings. The van der Waals surface area contributed by atoms with Crippen LogP contribution in [0.1, 0.15) is 31.3 Å². The molecule has 0 bridgehead atoms. The number of aromatic nitrogens is 3. The lowest BCUT2D eigenvalue weighted by molar-refractivity contribution is 0.287. The Balaban J connectivity index is 2.04. The molecule has 0 aliphatic heterocycles. The topological polar surface area (TPSA) is 66.0 Å². The molecule has 0 saturated carbocycles. The van der Waals surface area contributed by atoms with Crippen LogP contribution in [-0.4, -0.2) is 14.8 Å².